The van der Waals surface area contributed by atoms with Crippen LogP contribution in [0, 0.1) is 6.92 Å². The number of hydrogen-bond acceptors (Lipinski definition) is 4. The first kappa shape index (κ1) is 20.2. The Morgan fingerprint density at radius 2 is 1.67 bits per heavy atom. The number of benzene rings is 2. The minimum Gasteiger partial charge on any atom is -0.350 e. The van der Waals surface area contributed by atoms with Crippen molar-refractivity contribution in [1.82, 2.24) is 5.32 Å². The highest BCUT2D eigenvalue weighted by Crippen LogP contribution is 2.31. The summed E-state index contributed by atoms with van der Waals surface area (Å²) >= 11 is 6.19. The number of imide groups is 1. The van der Waals surface area contributed by atoms with Crippen molar-refractivity contribution >= 4 is 40.7 Å². The van der Waals surface area contributed by atoms with Crippen LogP contribution < -0.4 is 15.5 Å². The molecule has 0 atom stereocenters. The Labute approximate surface area is 179 Å². The fourth-order valence-corrected chi connectivity index (χ4v) is 4.05. The molecule has 3 amide bonds. The molecule has 0 saturated heterocycles. The Morgan fingerprint density at radius 1 is 1.00 bits per heavy atom. The summed E-state index contributed by atoms with van der Waals surface area (Å²) < 4.78 is 0. The molecule has 7 heteroatoms. The second-order valence-electron chi connectivity index (χ2n) is 7.58. The fraction of sp³-hybridized carbons (Fsp3) is 0.261. The molecule has 30 heavy (non-hydrogen) atoms. The van der Waals surface area contributed by atoms with Crippen molar-refractivity contribution in [2.75, 3.05) is 10.2 Å². The number of amides is 3. The number of nitrogens with one attached hydrogen (secondary N) is 2. The van der Waals surface area contributed by atoms with E-state index in [1.54, 1.807) is 36.4 Å². The summed E-state index contributed by atoms with van der Waals surface area (Å²) in [6.45, 7) is 1.82. The quantitative estimate of drug-likeness (QED) is 0.709. The summed E-state index contributed by atoms with van der Waals surface area (Å²) in [4.78, 5) is 38.9. The van der Waals surface area contributed by atoms with E-state index in [0.717, 1.165) is 36.1 Å². The van der Waals surface area contributed by atoms with Crippen LogP contribution in [0.15, 0.2) is 59.3 Å². The summed E-state index contributed by atoms with van der Waals surface area (Å²) in [5.41, 5.74) is 2.42. The molecule has 1 aliphatic carbocycles. The van der Waals surface area contributed by atoms with E-state index < -0.39 is 11.8 Å². The molecule has 1 saturated carbocycles. The van der Waals surface area contributed by atoms with E-state index in [0.29, 0.717) is 16.9 Å². The van der Waals surface area contributed by atoms with Gasteiger partial charge in [0.1, 0.15) is 10.7 Å². The smallest absolute Gasteiger partial charge is 0.283 e. The van der Waals surface area contributed by atoms with Gasteiger partial charge in [-0.2, -0.15) is 0 Å². The van der Waals surface area contributed by atoms with E-state index in [4.69, 9.17) is 11.6 Å². The molecule has 0 radical (unpaired) electrons. The summed E-state index contributed by atoms with van der Waals surface area (Å²) in [7, 11) is 0. The fourth-order valence-electron chi connectivity index (χ4n) is 3.83. The maximum absolute atomic E-state index is 12.9. The molecule has 0 unspecified atom stereocenters. The van der Waals surface area contributed by atoms with Crippen LogP contribution in [-0.2, 0) is 9.59 Å². The second-order valence-corrected chi connectivity index (χ2v) is 7.96. The molecule has 6 nitrogen and oxygen atoms in total. The summed E-state index contributed by atoms with van der Waals surface area (Å²) in [6.07, 6.45) is 4.34. The number of hydrogen-bond donors (Lipinski definition) is 2. The molecule has 2 aromatic rings. The third-order valence-electron chi connectivity index (χ3n) is 5.49. The van der Waals surface area contributed by atoms with Crippen LogP contribution in [0.1, 0.15) is 41.6 Å². The van der Waals surface area contributed by atoms with E-state index in [9.17, 15) is 14.4 Å². The molecule has 1 fully saturated rings. The Kier molecular flexibility index (Phi) is 5.59. The molecule has 4 rings (SSSR count). The number of nitrogens with zero attached hydrogens (tertiary/aromatic N) is 1. The Morgan fingerprint density at radius 3 is 2.33 bits per heavy atom. The van der Waals surface area contributed by atoms with Gasteiger partial charge < -0.3 is 10.6 Å². The number of aryl methyl sites for hydroxylation is 1. The monoisotopic (exact) mass is 423 g/mol. The number of anilines is 2. The molecular formula is C23H22ClN3O3. The number of rotatable bonds is 5. The molecule has 0 aromatic heterocycles. The van der Waals surface area contributed by atoms with Crippen molar-refractivity contribution < 1.29 is 14.4 Å². The lowest BCUT2D eigenvalue weighted by molar-refractivity contribution is -0.120. The molecule has 2 N–H and O–H groups in total. The van der Waals surface area contributed by atoms with Gasteiger partial charge in [0.25, 0.3) is 17.7 Å². The topological polar surface area (TPSA) is 78.5 Å². The highest BCUT2D eigenvalue weighted by atomic mass is 35.5. The number of carbonyl (C=O) groups excluding carboxylic acids is 3. The summed E-state index contributed by atoms with van der Waals surface area (Å²) in [6, 6.07) is 14.1. The van der Waals surface area contributed by atoms with E-state index in [2.05, 4.69) is 10.6 Å². The zero-order chi connectivity index (χ0) is 21.3. The highest BCUT2D eigenvalue weighted by molar-refractivity contribution is 6.53. The van der Waals surface area contributed by atoms with E-state index in [-0.39, 0.29) is 22.7 Å². The highest BCUT2D eigenvalue weighted by Gasteiger charge is 2.39. The molecule has 2 aliphatic rings. The first-order chi connectivity index (χ1) is 14.5. The van der Waals surface area contributed by atoms with Gasteiger partial charge in [-0.3, -0.25) is 14.4 Å². The van der Waals surface area contributed by atoms with Crippen LogP contribution in [-0.4, -0.2) is 23.8 Å². The first-order valence-electron chi connectivity index (χ1n) is 9.98. The van der Waals surface area contributed by atoms with Crippen LogP contribution in [0.3, 0.4) is 0 Å². The maximum Gasteiger partial charge on any atom is 0.283 e. The molecule has 1 aliphatic heterocycles. The average molecular weight is 424 g/mol. The zero-order valence-corrected chi connectivity index (χ0v) is 17.3. The molecule has 1 heterocycles. The van der Waals surface area contributed by atoms with Gasteiger partial charge in [0.2, 0.25) is 0 Å². The minimum absolute atomic E-state index is 0.0214. The molecule has 154 valence electrons. The standard InChI is InChI=1S/C23H22ClN3O3/c1-14-6-2-5-9-18(14)27-22(29)19(24)20(23(27)30)25-17-12-10-15(11-13-17)21(28)26-16-7-3-4-8-16/h2,5-6,9-13,16,25H,3-4,7-8H2,1H3,(H,26,28). The normalized spacial score (nSPS) is 17.1. The Bertz CT molecular complexity index is 1040. The Balaban J connectivity index is 1.48. The van der Waals surface area contributed by atoms with Crippen LogP contribution >= 0.6 is 11.6 Å². The van der Waals surface area contributed by atoms with E-state index >= 15 is 0 Å². The van der Waals surface area contributed by atoms with Crippen molar-refractivity contribution in [3.05, 3.63) is 70.4 Å². The van der Waals surface area contributed by atoms with Gasteiger partial charge in [-0.05, 0) is 55.7 Å². The number of carbonyl (C=O) groups is 3. The van der Waals surface area contributed by atoms with Crippen molar-refractivity contribution in [2.24, 2.45) is 0 Å². The van der Waals surface area contributed by atoms with Gasteiger partial charge in [-0.25, -0.2) is 4.90 Å². The summed E-state index contributed by atoms with van der Waals surface area (Å²) in [5, 5.41) is 5.81. The Hall–Kier alpha value is -3.12. The van der Waals surface area contributed by atoms with Gasteiger partial charge in [0.15, 0.2) is 0 Å². The van der Waals surface area contributed by atoms with Gasteiger partial charge in [-0.15, -0.1) is 0 Å². The van der Waals surface area contributed by atoms with Crippen LogP contribution in [0.4, 0.5) is 11.4 Å². The van der Waals surface area contributed by atoms with Gasteiger partial charge in [0, 0.05) is 17.3 Å². The van der Waals surface area contributed by atoms with Crippen molar-refractivity contribution in [2.45, 2.75) is 38.6 Å². The molecule has 2 aromatic carbocycles. The lowest BCUT2D eigenvalue weighted by Crippen LogP contribution is -2.33. The van der Waals surface area contributed by atoms with Gasteiger partial charge in [0.05, 0.1) is 5.69 Å². The van der Waals surface area contributed by atoms with E-state index in [1.807, 2.05) is 19.1 Å². The van der Waals surface area contributed by atoms with Crippen molar-refractivity contribution in [1.29, 1.82) is 0 Å². The molecular weight excluding hydrogens is 402 g/mol. The van der Waals surface area contributed by atoms with Crippen molar-refractivity contribution in [3.63, 3.8) is 0 Å². The molecule has 0 bridgehead atoms. The zero-order valence-electron chi connectivity index (χ0n) is 16.6. The predicted molar refractivity (Wildman–Crippen MR) is 116 cm³/mol. The molecule has 0 spiro atoms. The third kappa shape index (κ3) is 3.83. The van der Waals surface area contributed by atoms with Crippen LogP contribution in [0.5, 0.6) is 0 Å². The maximum atomic E-state index is 12.9. The minimum atomic E-state index is -0.564. The van der Waals surface area contributed by atoms with E-state index in [1.165, 1.54) is 0 Å². The predicted octanol–water partition coefficient (Wildman–Crippen LogP) is 4.10. The second kappa shape index (κ2) is 8.32. The lowest BCUT2D eigenvalue weighted by atomic mass is 10.1. The van der Waals surface area contributed by atoms with Crippen molar-refractivity contribution in [3.8, 4) is 0 Å². The lowest BCUT2D eigenvalue weighted by Gasteiger charge is -2.17. The summed E-state index contributed by atoms with van der Waals surface area (Å²) in [5.74, 6) is -1.18. The third-order valence-corrected chi connectivity index (χ3v) is 5.84. The van der Waals surface area contributed by atoms with Gasteiger partial charge >= 0.3 is 0 Å². The van der Waals surface area contributed by atoms with Crippen LogP contribution in [0.2, 0.25) is 0 Å². The number of halogens is 1. The largest absolute Gasteiger partial charge is 0.350 e. The van der Waals surface area contributed by atoms with Crippen LogP contribution in [0.25, 0.3) is 0 Å². The first-order valence-corrected chi connectivity index (χ1v) is 10.4. The SMILES string of the molecule is Cc1ccccc1N1C(=O)C(Cl)=C(Nc2ccc(C(=O)NC3CCCC3)cc2)C1=O. The average Bonchev–Trinajstić information content (AvgIpc) is 3.32. The number of para-hydroxylation sites is 1. The van der Waals surface area contributed by atoms with Gasteiger partial charge in [-0.1, -0.05) is 42.6 Å².